The van der Waals surface area contributed by atoms with Crippen LogP contribution >= 0.6 is 0 Å². The molecule has 1 fully saturated rings. The number of fused-ring (bicyclic) bond motifs is 2. The molecule has 104 valence electrons. The van der Waals surface area contributed by atoms with Gasteiger partial charge in [0.05, 0.1) is 23.3 Å². The van der Waals surface area contributed by atoms with Crippen LogP contribution in [0.5, 0.6) is 0 Å². The van der Waals surface area contributed by atoms with Crippen LogP contribution in [-0.4, -0.2) is 0 Å². The molecule has 0 saturated heterocycles. The van der Waals surface area contributed by atoms with Gasteiger partial charge in [-0.15, -0.1) is 0 Å². The second-order valence-corrected chi connectivity index (χ2v) is 6.10. The topological polar surface area (TPSA) is 47.6 Å². The summed E-state index contributed by atoms with van der Waals surface area (Å²) in [7, 11) is 0. The smallest absolute Gasteiger partial charge is 0.0998 e. The van der Waals surface area contributed by atoms with E-state index in [9.17, 15) is 10.5 Å². The summed E-state index contributed by atoms with van der Waals surface area (Å²) in [6.45, 7) is 0. The second-order valence-electron chi connectivity index (χ2n) is 6.10. The normalized spacial score (nSPS) is 24.4. The molecule has 0 heterocycles. The number of benzene rings is 2. The number of hydrogen-bond donors (Lipinski definition) is 0. The molecule has 1 saturated carbocycles. The fraction of sp³-hybridized carbons (Fsp3) is 0.200. The monoisotopic (exact) mass is 282 g/mol. The van der Waals surface area contributed by atoms with Crippen molar-refractivity contribution >= 4 is 6.08 Å². The molecular formula is C20H14N2. The van der Waals surface area contributed by atoms with Gasteiger partial charge >= 0.3 is 0 Å². The van der Waals surface area contributed by atoms with Crippen molar-refractivity contribution in [2.45, 2.75) is 24.2 Å². The lowest BCUT2D eigenvalue weighted by molar-refractivity contribution is 0.666. The van der Waals surface area contributed by atoms with Crippen molar-refractivity contribution in [3.05, 3.63) is 76.4 Å². The third-order valence-corrected chi connectivity index (χ3v) is 5.03. The highest BCUT2D eigenvalue weighted by Crippen LogP contribution is 2.65. The molecule has 0 amide bonds. The number of hydrogen-bond acceptors (Lipinski definition) is 2. The van der Waals surface area contributed by atoms with E-state index in [-0.39, 0.29) is 5.41 Å². The minimum Gasteiger partial charge on any atom is -0.192 e. The van der Waals surface area contributed by atoms with Gasteiger partial charge in [0, 0.05) is 5.41 Å². The van der Waals surface area contributed by atoms with E-state index in [4.69, 9.17) is 0 Å². The second kappa shape index (κ2) is 4.58. The highest BCUT2D eigenvalue weighted by atomic mass is 14.6. The van der Waals surface area contributed by atoms with Crippen LogP contribution in [0.2, 0.25) is 0 Å². The number of nitrogens with zero attached hydrogens (tertiary/aromatic N) is 2. The molecule has 0 radical (unpaired) electrons. The first kappa shape index (κ1) is 12.9. The van der Waals surface area contributed by atoms with E-state index in [1.165, 1.54) is 5.56 Å². The Hall–Kier alpha value is -2.84. The maximum absolute atomic E-state index is 9.52. The van der Waals surface area contributed by atoms with Crippen LogP contribution < -0.4 is 0 Å². The quantitative estimate of drug-likeness (QED) is 0.784. The molecule has 0 N–H and O–H groups in total. The summed E-state index contributed by atoms with van der Waals surface area (Å²) in [6, 6.07) is 18.7. The van der Waals surface area contributed by atoms with E-state index in [1.54, 1.807) is 12.1 Å². The largest absolute Gasteiger partial charge is 0.192 e. The first-order valence-corrected chi connectivity index (χ1v) is 7.49. The van der Waals surface area contributed by atoms with Crippen LogP contribution in [0.15, 0.2) is 48.5 Å². The molecule has 2 nitrogen and oxygen atoms in total. The molecule has 2 aliphatic rings. The van der Waals surface area contributed by atoms with Crippen molar-refractivity contribution in [3.8, 4) is 12.1 Å². The molecule has 1 spiro atoms. The van der Waals surface area contributed by atoms with Crippen molar-refractivity contribution in [2.24, 2.45) is 0 Å². The van der Waals surface area contributed by atoms with Gasteiger partial charge in [-0.3, -0.25) is 0 Å². The molecule has 2 atom stereocenters. The third kappa shape index (κ3) is 1.65. The average Bonchev–Trinajstić information content (AvgIpc) is 3.29. The van der Waals surface area contributed by atoms with Crippen LogP contribution in [0.3, 0.4) is 0 Å². The van der Waals surface area contributed by atoms with Crippen LogP contribution in [0, 0.1) is 22.7 Å². The predicted molar refractivity (Wildman–Crippen MR) is 85.0 cm³/mol. The summed E-state index contributed by atoms with van der Waals surface area (Å²) < 4.78 is 0. The van der Waals surface area contributed by atoms with E-state index in [1.807, 2.05) is 12.1 Å². The highest BCUT2D eigenvalue weighted by Gasteiger charge is 2.57. The Kier molecular flexibility index (Phi) is 2.68. The summed E-state index contributed by atoms with van der Waals surface area (Å²) in [4.78, 5) is 0. The molecule has 2 aromatic carbocycles. The summed E-state index contributed by atoms with van der Waals surface area (Å²) in [6.07, 6.45) is 6.18. The Balaban J connectivity index is 1.90. The molecular weight excluding hydrogens is 268 g/mol. The Morgan fingerprint density at radius 2 is 1.68 bits per heavy atom. The summed E-state index contributed by atoms with van der Waals surface area (Å²) >= 11 is 0. The zero-order valence-electron chi connectivity index (χ0n) is 12.1. The van der Waals surface area contributed by atoms with Gasteiger partial charge in [-0.1, -0.05) is 42.5 Å². The molecule has 4 rings (SSSR count). The lowest BCUT2D eigenvalue weighted by Gasteiger charge is -2.25. The fourth-order valence-corrected chi connectivity index (χ4v) is 3.94. The minimum absolute atomic E-state index is 0.00333. The van der Waals surface area contributed by atoms with Crippen LogP contribution in [0.4, 0.5) is 0 Å². The first-order chi connectivity index (χ1) is 10.8. The Bertz CT molecular complexity index is 865. The Labute approximate surface area is 129 Å². The molecule has 0 aromatic heterocycles. The van der Waals surface area contributed by atoms with Crippen LogP contribution in [0.25, 0.3) is 6.08 Å². The number of rotatable bonds is 1. The molecule has 0 bridgehead atoms. The lowest BCUT2D eigenvalue weighted by atomic mass is 9.77. The van der Waals surface area contributed by atoms with Crippen molar-refractivity contribution in [1.82, 2.24) is 0 Å². The van der Waals surface area contributed by atoms with E-state index in [0.29, 0.717) is 11.5 Å². The van der Waals surface area contributed by atoms with E-state index in [2.05, 4.69) is 42.5 Å². The van der Waals surface area contributed by atoms with Gasteiger partial charge in [0.25, 0.3) is 0 Å². The standard InChI is InChI=1S/C20H14N2/c21-12-15-8-9-16(13-22)19-17(15)7-4-10-20(19)11-18(20)14-5-2-1-3-6-14/h1-9,18H,10-11H2. The number of nitriles is 2. The minimum atomic E-state index is 0.00333. The van der Waals surface area contributed by atoms with Crippen molar-refractivity contribution in [3.63, 3.8) is 0 Å². The first-order valence-electron chi connectivity index (χ1n) is 7.49. The van der Waals surface area contributed by atoms with Gasteiger partial charge in [-0.05, 0) is 47.6 Å². The Morgan fingerprint density at radius 1 is 0.955 bits per heavy atom. The Morgan fingerprint density at radius 3 is 2.41 bits per heavy atom. The summed E-state index contributed by atoms with van der Waals surface area (Å²) in [5.74, 6) is 0.443. The van der Waals surface area contributed by atoms with Gasteiger partial charge in [-0.25, -0.2) is 0 Å². The predicted octanol–water partition coefficient (Wildman–Crippen LogP) is 4.27. The highest BCUT2D eigenvalue weighted by molar-refractivity contribution is 5.72. The zero-order chi connectivity index (χ0) is 15.2. The van der Waals surface area contributed by atoms with Gasteiger partial charge < -0.3 is 0 Å². The molecule has 22 heavy (non-hydrogen) atoms. The molecule has 2 unspecified atom stereocenters. The van der Waals surface area contributed by atoms with Crippen molar-refractivity contribution in [1.29, 1.82) is 10.5 Å². The van der Waals surface area contributed by atoms with Gasteiger partial charge in [0.1, 0.15) is 0 Å². The van der Waals surface area contributed by atoms with Gasteiger partial charge in [-0.2, -0.15) is 10.5 Å². The molecule has 2 heteroatoms. The molecule has 2 aromatic rings. The maximum Gasteiger partial charge on any atom is 0.0998 e. The fourth-order valence-electron chi connectivity index (χ4n) is 3.94. The van der Waals surface area contributed by atoms with E-state index in [0.717, 1.165) is 29.5 Å². The maximum atomic E-state index is 9.52. The SMILES string of the molecule is N#Cc1ccc(C#N)c2c1C=CCC21CC1c1ccccc1. The van der Waals surface area contributed by atoms with Crippen LogP contribution in [0.1, 0.15) is 46.6 Å². The van der Waals surface area contributed by atoms with E-state index >= 15 is 0 Å². The summed E-state index contributed by atoms with van der Waals surface area (Å²) in [5, 5.41) is 18.9. The third-order valence-electron chi connectivity index (χ3n) is 5.03. The van der Waals surface area contributed by atoms with Crippen molar-refractivity contribution in [2.75, 3.05) is 0 Å². The van der Waals surface area contributed by atoms with E-state index < -0.39 is 0 Å². The van der Waals surface area contributed by atoms with Gasteiger partial charge in [0.15, 0.2) is 0 Å². The molecule has 0 aliphatic heterocycles. The molecule has 2 aliphatic carbocycles. The van der Waals surface area contributed by atoms with Crippen LogP contribution in [-0.2, 0) is 5.41 Å². The zero-order valence-corrected chi connectivity index (χ0v) is 12.1. The lowest BCUT2D eigenvalue weighted by Crippen LogP contribution is -2.16. The number of allylic oxidation sites excluding steroid dienone is 1. The van der Waals surface area contributed by atoms with Gasteiger partial charge in [0.2, 0.25) is 0 Å². The van der Waals surface area contributed by atoms with Crippen molar-refractivity contribution < 1.29 is 0 Å². The summed E-state index contributed by atoms with van der Waals surface area (Å²) in [5.41, 5.74) is 4.76. The average molecular weight is 282 g/mol.